The average molecular weight is 322 g/mol. The second-order valence-electron chi connectivity index (χ2n) is 5.21. The van der Waals surface area contributed by atoms with Gasteiger partial charge < -0.3 is 10.4 Å². The zero-order chi connectivity index (χ0) is 16.2. The molecule has 1 aromatic heterocycles. The number of nitrogens with one attached hydrogen (secondary N) is 1. The molecule has 1 heterocycles. The second-order valence-corrected chi connectivity index (χ2v) is 5.62. The van der Waals surface area contributed by atoms with Gasteiger partial charge in [0.15, 0.2) is 5.69 Å². The molecule has 118 valence electrons. The first kappa shape index (κ1) is 16.5. The summed E-state index contributed by atoms with van der Waals surface area (Å²) < 4.78 is 1.56. The van der Waals surface area contributed by atoms with Gasteiger partial charge in [-0.1, -0.05) is 37.6 Å². The van der Waals surface area contributed by atoms with Crippen LogP contribution >= 0.6 is 11.6 Å². The molecule has 22 heavy (non-hydrogen) atoms. The Bertz CT molecular complexity index is 650. The lowest BCUT2D eigenvalue weighted by molar-refractivity contribution is 0.0313. The third-order valence-corrected chi connectivity index (χ3v) is 4.13. The Hall–Kier alpha value is -1.85. The highest BCUT2D eigenvalue weighted by atomic mass is 35.5. The summed E-state index contributed by atoms with van der Waals surface area (Å²) in [5, 5.41) is 17.7. The fourth-order valence-electron chi connectivity index (χ4n) is 2.05. The number of nitrogens with zero attached hydrogens (tertiary/aromatic N) is 2. The van der Waals surface area contributed by atoms with Crippen molar-refractivity contribution in [1.29, 1.82) is 0 Å². The first-order valence-electron chi connectivity index (χ1n) is 7.30. The van der Waals surface area contributed by atoms with Crippen molar-refractivity contribution < 1.29 is 9.90 Å². The SMILES string of the molecule is CCC(O)(CC)CNC(=O)c1ccn(-c2ccccc2Cl)n1. The van der Waals surface area contributed by atoms with E-state index in [-0.39, 0.29) is 18.1 Å². The molecule has 2 N–H and O–H groups in total. The fourth-order valence-corrected chi connectivity index (χ4v) is 2.27. The standard InChI is InChI=1S/C16H20ClN3O2/c1-3-16(22,4-2)11-18-15(21)13-9-10-20(19-13)14-8-6-5-7-12(14)17/h5-10,22H,3-4,11H2,1-2H3,(H,18,21). The molecule has 0 aliphatic rings. The lowest BCUT2D eigenvalue weighted by atomic mass is 9.97. The molecule has 0 bridgehead atoms. The summed E-state index contributed by atoms with van der Waals surface area (Å²) in [6.45, 7) is 3.99. The van der Waals surface area contributed by atoms with Crippen molar-refractivity contribution in [3.8, 4) is 5.69 Å². The number of hydrogen-bond donors (Lipinski definition) is 2. The lowest BCUT2D eigenvalue weighted by Crippen LogP contribution is -2.42. The molecule has 0 saturated carbocycles. The number of para-hydroxylation sites is 1. The van der Waals surface area contributed by atoms with Gasteiger partial charge in [0, 0.05) is 12.7 Å². The molecule has 0 spiro atoms. The Morgan fingerprint density at radius 2 is 2.00 bits per heavy atom. The van der Waals surface area contributed by atoms with Crippen LogP contribution in [0.25, 0.3) is 5.69 Å². The van der Waals surface area contributed by atoms with Crippen molar-refractivity contribution in [2.45, 2.75) is 32.3 Å². The quantitative estimate of drug-likeness (QED) is 0.859. The summed E-state index contributed by atoms with van der Waals surface area (Å²) >= 11 is 6.11. The molecule has 2 rings (SSSR count). The molecule has 0 fully saturated rings. The van der Waals surface area contributed by atoms with Gasteiger partial charge >= 0.3 is 0 Å². The molecule has 6 heteroatoms. The van der Waals surface area contributed by atoms with Gasteiger partial charge in [-0.15, -0.1) is 0 Å². The van der Waals surface area contributed by atoms with Gasteiger partial charge in [-0.2, -0.15) is 5.10 Å². The van der Waals surface area contributed by atoms with Crippen molar-refractivity contribution in [3.05, 3.63) is 47.2 Å². The summed E-state index contributed by atoms with van der Waals surface area (Å²) in [4.78, 5) is 12.1. The van der Waals surface area contributed by atoms with Crippen molar-refractivity contribution in [2.75, 3.05) is 6.54 Å². The van der Waals surface area contributed by atoms with Crippen LogP contribution < -0.4 is 5.32 Å². The van der Waals surface area contributed by atoms with E-state index in [4.69, 9.17) is 11.6 Å². The van der Waals surface area contributed by atoms with Crippen LogP contribution in [0.5, 0.6) is 0 Å². The predicted molar refractivity (Wildman–Crippen MR) is 86.4 cm³/mol. The van der Waals surface area contributed by atoms with Crippen LogP contribution in [-0.4, -0.2) is 32.9 Å². The number of benzene rings is 1. The van der Waals surface area contributed by atoms with Crippen molar-refractivity contribution in [1.82, 2.24) is 15.1 Å². The largest absolute Gasteiger partial charge is 0.388 e. The smallest absolute Gasteiger partial charge is 0.271 e. The van der Waals surface area contributed by atoms with Crippen molar-refractivity contribution in [3.63, 3.8) is 0 Å². The van der Waals surface area contributed by atoms with E-state index in [9.17, 15) is 9.90 Å². The summed E-state index contributed by atoms with van der Waals surface area (Å²) in [6.07, 6.45) is 2.84. The highest BCUT2D eigenvalue weighted by Gasteiger charge is 2.23. The zero-order valence-electron chi connectivity index (χ0n) is 12.7. The van der Waals surface area contributed by atoms with Crippen LogP contribution in [0.4, 0.5) is 0 Å². The fraction of sp³-hybridized carbons (Fsp3) is 0.375. The number of rotatable bonds is 6. The van der Waals surface area contributed by atoms with E-state index < -0.39 is 5.60 Å². The van der Waals surface area contributed by atoms with Crippen LogP contribution in [0.3, 0.4) is 0 Å². The predicted octanol–water partition coefficient (Wildman–Crippen LogP) is 2.81. The third kappa shape index (κ3) is 3.67. The first-order chi connectivity index (χ1) is 10.5. The number of hydrogen-bond acceptors (Lipinski definition) is 3. The van der Waals surface area contributed by atoms with Gasteiger partial charge in [-0.25, -0.2) is 4.68 Å². The Labute approximate surface area is 134 Å². The Morgan fingerprint density at radius 1 is 1.32 bits per heavy atom. The molecule has 1 amide bonds. The highest BCUT2D eigenvalue weighted by molar-refractivity contribution is 6.32. The van der Waals surface area contributed by atoms with Crippen molar-refractivity contribution in [2.24, 2.45) is 0 Å². The Kier molecular flexibility index (Phi) is 5.21. The number of halogens is 1. The molecule has 0 aliphatic heterocycles. The minimum Gasteiger partial charge on any atom is -0.388 e. The maximum absolute atomic E-state index is 12.1. The van der Waals surface area contributed by atoms with Crippen molar-refractivity contribution >= 4 is 17.5 Å². The zero-order valence-corrected chi connectivity index (χ0v) is 13.5. The maximum atomic E-state index is 12.1. The lowest BCUT2D eigenvalue weighted by Gasteiger charge is -2.25. The molecule has 0 saturated heterocycles. The second kappa shape index (κ2) is 6.94. The molecule has 5 nitrogen and oxygen atoms in total. The minimum atomic E-state index is -0.874. The van der Waals surface area contributed by atoms with Gasteiger partial charge in [0.1, 0.15) is 0 Å². The van der Waals surface area contributed by atoms with Gasteiger partial charge in [0.25, 0.3) is 5.91 Å². The summed E-state index contributed by atoms with van der Waals surface area (Å²) in [7, 11) is 0. The Balaban J connectivity index is 2.08. The molecular weight excluding hydrogens is 302 g/mol. The van der Waals surface area contributed by atoms with Crippen LogP contribution in [0.15, 0.2) is 36.5 Å². The minimum absolute atomic E-state index is 0.206. The van der Waals surface area contributed by atoms with E-state index in [2.05, 4.69) is 10.4 Å². The van der Waals surface area contributed by atoms with Gasteiger partial charge in [0.2, 0.25) is 0 Å². The average Bonchev–Trinajstić information content (AvgIpc) is 3.02. The summed E-state index contributed by atoms with van der Waals surface area (Å²) in [5.41, 5.74) is 0.123. The molecule has 0 atom stereocenters. The van der Waals surface area contributed by atoms with E-state index in [1.165, 1.54) is 0 Å². The number of carbonyl (C=O) groups is 1. The molecule has 0 aliphatic carbocycles. The van der Waals surface area contributed by atoms with E-state index in [0.717, 1.165) is 0 Å². The van der Waals surface area contributed by atoms with Crippen LogP contribution in [0.1, 0.15) is 37.2 Å². The van der Waals surface area contributed by atoms with Gasteiger partial charge in [-0.05, 0) is 31.0 Å². The maximum Gasteiger partial charge on any atom is 0.271 e. The summed E-state index contributed by atoms with van der Waals surface area (Å²) in [5.74, 6) is -0.314. The van der Waals surface area contributed by atoms with Gasteiger partial charge in [0.05, 0.1) is 16.3 Å². The van der Waals surface area contributed by atoms with Crippen LogP contribution in [-0.2, 0) is 0 Å². The highest BCUT2D eigenvalue weighted by Crippen LogP contribution is 2.19. The van der Waals surface area contributed by atoms with E-state index in [0.29, 0.717) is 23.6 Å². The molecule has 1 aromatic carbocycles. The molecule has 2 aromatic rings. The molecular formula is C16H20ClN3O2. The van der Waals surface area contributed by atoms with Crippen LogP contribution in [0.2, 0.25) is 5.02 Å². The van der Waals surface area contributed by atoms with E-state index in [1.807, 2.05) is 32.0 Å². The topological polar surface area (TPSA) is 67.2 Å². The molecule has 0 radical (unpaired) electrons. The first-order valence-corrected chi connectivity index (χ1v) is 7.68. The van der Waals surface area contributed by atoms with E-state index in [1.54, 1.807) is 23.0 Å². The molecule has 0 unspecified atom stereocenters. The number of aliphatic hydroxyl groups is 1. The monoisotopic (exact) mass is 321 g/mol. The third-order valence-electron chi connectivity index (χ3n) is 3.82. The Morgan fingerprint density at radius 3 is 2.64 bits per heavy atom. The number of aromatic nitrogens is 2. The number of carbonyl (C=O) groups excluding carboxylic acids is 1. The normalized spacial score (nSPS) is 11.5. The van der Waals surface area contributed by atoms with Crippen LogP contribution in [0, 0.1) is 0 Å². The van der Waals surface area contributed by atoms with Gasteiger partial charge in [-0.3, -0.25) is 4.79 Å². The summed E-state index contributed by atoms with van der Waals surface area (Å²) in [6, 6.07) is 8.89. The number of amides is 1. The van der Waals surface area contributed by atoms with E-state index >= 15 is 0 Å².